The summed E-state index contributed by atoms with van der Waals surface area (Å²) in [7, 11) is 1.57. The molecule has 1 amide bonds. The zero-order chi connectivity index (χ0) is 16.8. The highest BCUT2D eigenvalue weighted by atomic mass is 32.1. The minimum absolute atomic E-state index is 0.0807. The highest BCUT2D eigenvalue weighted by Gasteiger charge is 2.18. The summed E-state index contributed by atoms with van der Waals surface area (Å²) in [6, 6.07) is 7.25. The molecule has 1 aromatic carbocycles. The van der Waals surface area contributed by atoms with Crippen LogP contribution in [0, 0.1) is 0 Å². The van der Waals surface area contributed by atoms with Crippen molar-refractivity contribution in [3.63, 3.8) is 0 Å². The van der Waals surface area contributed by atoms with E-state index in [4.69, 9.17) is 9.47 Å². The van der Waals surface area contributed by atoms with E-state index >= 15 is 0 Å². The van der Waals surface area contributed by atoms with E-state index in [1.807, 2.05) is 18.3 Å². The van der Waals surface area contributed by atoms with Gasteiger partial charge >= 0.3 is 0 Å². The molecule has 0 atom stereocenters. The van der Waals surface area contributed by atoms with Crippen LogP contribution in [-0.4, -0.2) is 37.7 Å². The third-order valence-electron chi connectivity index (χ3n) is 3.94. The smallest absolute Gasteiger partial charge is 0.264 e. The van der Waals surface area contributed by atoms with Gasteiger partial charge in [-0.2, -0.15) is 0 Å². The topological polar surface area (TPSA) is 72.5 Å². The van der Waals surface area contributed by atoms with Crippen LogP contribution >= 0.6 is 11.3 Å². The van der Waals surface area contributed by atoms with Gasteiger partial charge in [-0.3, -0.25) is 10.1 Å². The third-order valence-corrected chi connectivity index (χ3v) is 5.01. The molecule has 7 heteroatoms. The first-order chi connectivity index (χ1) is 11.8. The van der Waals surface area contributed by atoms with Crippen LogP contribution in [0.5, 0.6) is 11.5 Å². The molecule has 24 heavy (non-hydrogen) atoms. The molecule has 0 aliphatic carbocycles. The quantitative estimate of drug-likeness (QED) is 0.840. The SMILES string of the molecule is COc1ccccc1OCC(=O)Nc1ncc(C2CCNCC2)s1. The molecule has 1 saturated heterocycles. The van der Waals surface area contributed by atoms with Crippen molar-refractivity contribution in [3.8, 4) is 11.5 Å². The second-order valence-corrected chi connectivity index (χ2v) is 6.64. The highest BCUT2D eigenvalue weighted by molar-refractivity contribution is 7.15. The van der Waals surface area contributed by atoms with Crippen LogP contribution in [0.4, 0.5) is 5.13 Å². The number of nitrogens with zero attached hydrogens (tertiary/aromatic N) is 1. The lowest BCUT2D eigenvalue weighted by Gasteiger charge is -2.20. The van der Waals surface area contributed by atoms with Crippen molar-refractivity contribution >= 4 is 22.4 Å². The summed E-state index contributed by atoms with van der Waals surface area (Å²) in [6.45, 7) is 2.00. The standard InChI is InChI=1S/C17H21N3O3S/c1-22-13-4-2-3-5-14(13)23-11-16(21)20-17-19-10-15(24-17)12-6-8-18-9-7-12/h2-5,10,12,18H,6-9,11H2,1H3,(H,19,20,21). The number of piperidine rings is 1. The minimum Gasteiger partial charge on any atom is -0.493 e. The van der Waals surface area contributed by atoms with Gasteiger partial charge in [0.1, 0.15) is 0 Å². The predicted octanol–water partition coefficient (Wildman–Crippen LogP) is 2.64. The van der Waals surface area contributed by atoms with Gasteiger partial charge in [-0.25, -0.2) is 4.98 Å². The van der Waals surface area contributed by atoms with Gasteiger partial charge in [0.05, 0.1) is 7.11 Å². The average Bonchev–Trinajstić information content (AvgIpc) is 3.09. The monoisotopic (exact) mass is 347 g/mol. The molecule has 2 aromatic rings. The van der Waals surface area contributed by atoms with Gasteiger partial charge in [0.25, 0.3) is 5.91 Å². The van der Waals surface area contributed by atoms with Crippen LogP contribution in [0.15, 0.2) is 30.5 Å². The molecule has 1 aliphatic heterocycles. The molecular formula is C17H21N3O3S. The lowest BCUT2D eigenvalue weighted by Crippen LogP contribution is -2.26. The molecule has 2 heterocycles. The fourth-order valence-corrected chi connectivity index (χ4v) is 3.68. The summed E-state index contributed by atoms with van der Waals surface area (Å²) >= 11 is 1.55. The molecule has 1 aliphatic rings. The Labute approximate surface area is 145 Å². The number of amides is 1. The highest BCUT2D eigenvalue weighted by Crippen LogP contribution is 2.31. The maximum absolute atomic E-state index is 12.1. The number of methoxy groups -OCH3 is 1. The van der Waals surface area contributed by atoms with Crippen molar-refractivity contribution in [3.05, 3.63) is 35.3 Å². The summed E-state index contributed by atoms with van der Waals surface area (Å²) in [4.78, 5) is 17.6. The second kappa shape index (κ2) is 8.12. The average molecular weight is 347 g/mol. The molecular weight excluding hydrogens is 326 g/mol. The Morgan fingerprint density at radius 3 is 2.83 bits per heavy atom. The van der Waals surface area contributed by atoms with Crippen molar-refractivity contribution in [1.29, 1.82) is 0 Å². The number of thiazole rings is 1. The van der Waals surface area contributed by atoms with E-state index in [9.17, 15) is 4.79 Å². The van der Waals surface area contributed by atoms with Crippen molar-refractivity contribution in [2.75, 3.05) is 32.1 Å². The summed E-state index contributed by atoms with van der Waals surface area (Å²) in [5.74, 6) is 1.46. The molecule has 0 spiro atoms. The van der Waals surface area contributed by atoms with Crippen LogP contribution in [0.3, 0.4) is 0 Å². The van der Waals surface area contributed by atoms with Crippen molar-refractivity contribution in [1.82, 2.24) is 10.3 Å². The number of benzene rings is 1. The number of carbonyl (C=O) groups is 1. The summed E-state index contributed by atoms with van der Waals surface area (Å²) in [6.07, 6.45) is 4.11. The Morgan fingerprint density at radius 1 is 1.33 bits per heavy atom. The van der Waals surface area contributed by atoms with Gasteiger partial charge in [-0.05, 0) is 44.0 Å². The van der Waals surface area contributed by atoms with Gasteiger partial charge in [0.15, 0.2) is 23.2 Å². The van der Waals surface area contributed by atoms with Crippen LogP contribution in [0.2, 0.25) is 0 Å². The Kier molecular flexibility index (Phi) is 5.66. The van der Waals surface area contributed by atoms with E-state index in [-0.39, 0.29) is 12.5 Å². The molecule has 0 bridgehead atoms. The summed E-state index contributed by atoms with van der Waals surface area (Å²) in [5, 5.41) is 6.77. The molecule has 1 fully saturated rings. The normalized spacial score (nSPS) is 15.0. The number of hydrogen-bond donors (Lipinski definition) is 2. The molecule has 0 radical (unpaired) electrons. The first kappa shape index (κ1) is 16.7. The van der Waals surface area contributed by atoms with Crippen LogP contribution in [0.25, 0.3) is 0 Å². The van der Waals surface area contributed by atoms with E-state index in [0.29, 0.717) is 22.5 Å². The second-order valence-electron chi connectivity index (χ2n) is 5.58. The van der Waals surface area contributed by atoms with Crippen LogP contribution < -0.4 is 20.1 Å². The van der Waals surface area contributed by atoms with E-state index < -0.39 is 0 Å². The van der Waals surface area contributed by atoms with E-state index in [2.05, 4.69) is 15.6 Å². The third kappa shape index (κ3) is 4.24. The fraction of sp³-hybridized carbons (Fsp3) is 0.412. The van der Waals surface area contributed by atoms with E-state index in [1.54, 1.807) is 30.6 Å². The van der Waals surface area contributed by atoms with Gasteiger partial charge in [-0.15, -0.1) is 11.3 Å². The largest absolute Gasteiger partial charge is 0.493 e. The molecule has 0 saturated carbocycles. The Balaban J connectivity index is 1.52. The number of hydrogen-bond acceptors (Lipinski definition) is 6. The van der Waals surface area contributed by atoms with Gasteiger partial charge in [-0.1, -0.05) is 12.1 Å². The zero-order valence-corrected chi connectivity index (χ0v) is 14.4. The molecule has 3 rings (SSSR count). The maximum atomic E-state index is 12.1. The van der Waals surface area contributed by atoms with Crippen molar-refractivity contribution in [2.24, 2.45) is 0 Å². The summed E-state index contributed by atoms with van der Waals surface area (Å²) < 4.78 is 10.7. The minimum atomic E-state index is -0.230. The first-order valence-corrected chi connectivity index (χ1v) is 8.80. The Morgan fingerprint density at radius 2 is 2.08 bits per heavy atom. The maximum Gasteiger partial charge on any atom is 0.264 e. The number of para-hydroxylation sites is 2. The zero-order valence-electron chi connectivity index (χ0n) is 13.6. The predicted molar refractivity (Wildman–Crippen MR) is 94.1 cm³/mol. The number of aromatic nitrogens is 1. The van der Waals surface area contributed by atoms with Gasteiger partial charge in [0, 0.05) is 11.1 Å². The molecule has 2 N–H and O–H groups in total. The van der Waals surface area contributed by atoms with Crippen LogP contribution in [-0.2, 0) is 4.79 Å². The number of nitrogens with one attached hydrogen (secondary N) is 2. The Hall–Kier alpha value is -2.12. The van der Waals surface area contributed by atoms with E-state index in [1.165, 1.54) is 4.88 Å². The lowest BCUT2D eigenvalue weighted by molar-refractivity contribution is -0.118. The van der Waals surface area contributed by atoms with Gasteiger partial charge < -0.3 is 14.8 Å². The van der Waals surface area contributed by atoms with Crippen LogP contribution in [0.1, 0.15) is 23.6 Å². The van der Waals surface area contributed by atoms with Gasteiger partial charge in [0.2, 0.25) is 0 Å². The van der Waals surface area contributed by atoms with Crippen molar-refractivity contribution in [2.45, 2.75) is 18.8 Å². The summed E-state index contributed by atoms with van der Waals surface area (Å²) in [5.41, 5.74) is 0. The molecule has 128 valence electrons. The Bertz CT molecular complexity index is 683. The number of carbonyl (C=O) groups excluding carboxylic acids is 1. The van der Waals surface area contributed by atoms with E-state index in [0.717, 1.165) is 25.9 Å². The number of anilines is 1. The molecule has 1 aromatic heterocycles. The van der Waals surface area contributed by atoms with Crippen molar-refractivity contribution < 1.29 is 14.3 Å². The fourth-order valence-electron chi connectivity index (χ4n) is 2.68. The molecule has 6 nitrogen and oxygen atoms in total. The first-order valence-electron chi connectivity index (χ1n) is 7.98. The lowest BCUT2D eigenvalue weighted by atomic mass is 9.97. The number of rotatable bonds is 6. The number of ether oxygens (including phenoxy) is 2. The molecule has 0 unspecified atom stereocenters.